The highest BCUT2D eigenvalue weighted by Gasteiger charge is 2.06. The lowest BCUT2D eigenvalue weighted by atomic mass is 10.2. The van der Waals surface area contributed by atoms with Crippen LogP contribution in [0.25, 0.3) is 0 Å². The summed E-state index contributed by atoms with van der Waals surface area (Å²) in [7, 11) is 1.32. The van der Waals surface area contributed by atoms with E-state index in [9.17, 15) is 9.59 Å². The van der Waals surface area contributed by atoms with E-state index in [1.165, 1.54) is 12.7 Å². The zero-order chi connectivity index (χ0) is 16.5. The average molecular weight is 315 g/mol. The molecule has 0 atom stereocenters. The Hall–Kier alpha value is -2.76. The third kappa shape index (κ3) is 5.50. The largest absolute Gasteiger partial charge is 0.469 e. The molecule has 2 aromatic rings. The zero-order valence-corrected chi connectivity index (χ0v) is 13.1. The minimum Gasteiger partial charge on any atom is -0.469 e. The predicted molar refractivity (Wildman–Crippen MR) is 86.8 cm³/mol. The quantitative estimate of drug-likeness (QED) is 0.767. The van der Waals surface area contributed by atoms with Crippen LogP contribution in [0.3, 0.4) is 0 Å². The van der Waals surface area contributed by atoms with Gasteiger partial charge in [0.1, 0.15) is 0 Å². The van der Waals surface area contributed by atoms with Gasteiger partial charge in [-0.3, -0.25) is 4.79 Å². The second-order valence-corrected chi connectivity index (χ2v) is 5.05. The van der Waals surface area contributed by atoms with Crippen molar-refractivity contribution in [3.8, 4) is 0 Å². The summed E-state index contributed by atoms with van der Waals surface area (Å²) in [4.78, 5) is 22.7. The number of esters is 1. The molecule has 0 saturated heterocycles. The summed E-state index contributed by atoms with van der Waals surface area (Å²) in [6.45, 7) is 1.43. The fraction of sp³-hybridized carbons (Fsp3) is 0.294. The van der Waals surface area contributed by atoms with E-state index >= 15 is 0 Å². The lowest BCUT2D eigenvalue weighted by molar-refractivity contribution is -0.140. The minimum absolute atomic E-state index is 0.161. The molecule has 1 heterocycles. The lowest BCUT2D eigenvalue weighted by Crippen LogP contribution is -2.36. The van der Waals surface area contributed by atoms with Gasteiger partial charge >= 0.3 is 12.0 Å². The lowest BCUT2D eigenvalue weighted by Gasteiger charge is -2.11. The third-order valence-electron chi connectivity index (χ3n) is 3.39. The van der Waals surface area contributed by atoms with Crippen molar-refractivity contribution in [2.45, 2.75) is 19.5 Å². The number of amides is 2. The monoisotopic (exact) mass is 315 g/mol. The smallest absolute Gasteiger partial charge is 0.315 e. The van der Waals surface area contributed by atoms with Gasteiger partial charge in [-0.05, 0) is 17.7 Å². The molecule has 0 bridgehead atoms. The first-order valence-corrected chi connectivity index (χ1v) is 7.45. The molecule has 122 valence electrons. The van der Waals surface area contributed by atoms with E-state index in [4.69, 9.17) is 0 Å². The highest BCUT2D eigenvalue weighted by Crippen LogP contribution is 2.07. The Balaban J connectivity index is 1.79. The van der Waals surface area contributed by atoms with Crippen molar-refractivity contribution >= 4 is 12.0 Å². The molecule has 2 N–H and O–H groups in total. The standard InChI is InChI=1S/C17H21N3O3/c1-23-16(21)9-10-18-17(22)19-12-15-8-5-11-20(15)13-14-6-3-2-4-7-14/h2-8,11H,9-10,12-13H2,1H3,(H2,18,19,22). The first-order chi connectivity index (χ1) is 11.2. The van der Waals surface area contributed by atoms with E-state index in [-0.39, 0.29) is 25.0 Å². The number of benzene rings is 1. The molecule has 0 aliphatic carbocycles. The van der Waals surface area contributed by atoms with Crippen LogP contribution in [0, 0.1) is 0 Å². The maximum Gasteiger partial charge on any atom is 0.315 e. The van der Waals surface area contributed by atoms with Gasteiger partial charge in [0.25, 0.3) is 0 Å². The van der Waals surface area contributed by atoms with Crippen molar-refractivity contribution in [3.63, 3.8) is 0 Å². The van der Waals surface area contributed by atoms with Crippen LogP contribution in [0.2, 0.25) is 0 Å². The number of carbonyl (C=O) groups is 2. The Labute approximate surface area is 135 Å². The van der Waals surface area contributed by atoms with Gasteiger partial charge in [0.05, 0.1) is 20.1 Å². The van der Waals surface area contributed by atoms with E-state index in [1.54, 1.807) is 0 Å². The highest BCUT2D eigenvalue weighted by molar-refractivity contribution is 5.75. The highest BCUT2D eigenvalue weighted by atomic mass is 16.5. The van der Waals surface area contributed by atoms with Gasteiger partial charge in [-0.1, -0.05) is 30.3 Å². The van der Waals surface area contributed by atoms with Crippen LogP contribution in [0.15, 0.2) is 48.7 Å². The van der Waals surface area contributed by atoms with Gasteiger partial charge in [-0.25, -0.2) is 4.79 Å². The first-order valence-electron chi connectivity index (χ1n) is 7.45. The van der Waals surface area contributed by atoms with Crippen LogP contribution in [0.5, 0.6) is 0 Å². The second-order valence-electron chi connectivity index (χ2n) is 5.05. The fourth-order valence-corrected chi connectivity index (χ4v) is 2.16. The van der Waals surface area contributed by atoms with Crippen molar-refractivity contribution in [2.24, 2.45) is 0 Å². The number of nitrogens with one attached hydrogen (secondary N) is 2. The van der Waals surface area contributed by atoms with E-state index in [1.807, 2.05) is 36.5 Å². The normalized spacial score (nSPS) is 10.1. The summed E-state index contributed by atoms with van der Waals surface area (Å²) in [5.74, 6) is -0.345. The minimum atomic E-state index is -0.345. The molecule has 23 heavy (non-hydrogen) atoms. The summed E-state index contributed by atoms with van der Waals surface area (Å²) in [6.07, 6.45) is 2.15. The van der Waals surface area contributed by atoms with Crippen molar-refractivity contribution in [1.82, 2.24) is 15.2 Å². The first kappa shape index (κ1) is 16.6. The van der Waals surface area contributed by atoms with Gasteiger partial charge < -0.3 is 19.9 Å². The molecule has 0 spiro atoms. The van der Waals surface area contributed by atoms with E-state index in [0.29, 0.717) is 6.54 Å². The molecule has 2 rings (SSSR count). The van der Waals surface area contributed by atoms with Crippen LogP contribution in [0.4, 0.5) is 4.79 Å². The predicted octanol–water partition coefficient (Wildman–Crippen LogP) is 1.90. The van der Waals surface area contributed by atoms with Crippen molar-refractivity contribution < 1.29 is 14.3 Å². The Kier molecular flexibility index (Phi) is 6.23. The summed E-state index contributed by atoms with van der Waals surface area (Å²) in [5.41, 5.74) is 2.21. The van der Waals surface area contributed by atoms with Crippen LogP contribution in [0.1, 0.15) is 17.7 Å². The number of hydrogen-bond donors (Lipinski definition) is 2. The molecule has 1 aromatic carbocycles. The van der Waals surface area contributed by atoms with Crippen LogP contribution in [-0.4, -0.2) is 30.2 Å². The molecule has 6 nitrogen and oxygen atoms in total. The third-order valence-corrected chi connectivity index (χ3v) is 3.39. The van der Waals surface area contributed by atoms with Gasteiger partial charge in [-0.15, -0.1) is 0 Å². The molecule has 6 heteroatoms. The average Bonchev–Trinajstić information content (AvgIpc) is 3.00. The fourth-order valence-electron chi connectivity index (χ4n) is 2.16. The Bertz CT molecular complexity index is 638. The van der Waals surface area contributed by atoms with Crippen LogP contribution in [-0.2, 0) is 22.6 Å². The number of ether oxygens (including phenoxy) is 1. The Morgan fingerprint density at radius 2 is 1.87 bits per heavy atom. The van der Waals surface area contributed by atoms with Crippen molar-refractivity contribution in [2.75, 3.05) is 13.7 Å². The van der Waals surface area contributed by atoms with Gasteiger partial charge in [0, 0.05) is 25.0 Å². The number of urea groups is 1. The number of aromatic nitrogens is 1. The molecule has 0 aliphatic rings. The summed E-state index contributed by atoms with van der Waals surface area (Å²) < 4.78 is 6.60. The molecule has 1 aromatic heterocycles. The molecule has 0 aliphatic heterocycles. The van der Waals surface area contributed by atoms with Crippen molar-refractivity contribution in [1.29, 1.82) is 0 Å². The number of nitrogens with zero attached hydrogens (tertiary/aromatic N) is 1. The summed E-state index contributed by atoms with van der Waals surface area (Å²) in [6, 6.07) is 13.7. The molecule has 2 amide bonds. The molecule has 0 unspecified atom stereocenters. The van der Waals surface area contributed by atoms with E-state index < -0.39 is 0 Å². The van der Waals surface area contributed by atoms with Gasteiger partial charge in [0.2, 0.25) is 0 Å². The summed E-state index contributed by atoms with van der Waals surface area (Å²) in [5, 5.41) is 5.40. The van der Waals surface area contributed by atoms with E-state index in [0.717, 1.165) is 12.2 Å². The van der Waals surface area contributed by atoms with Gasteiger partial charge in [-0.2, -0.15) is 0 Å². The SMILES string of the molecule is COC(=O)CCNC(=O)NCc1cccn1Cc1ccccc1. The molecule has 0 radical (unpaired) electrons. The number of carbonyl (C=O) groups excluding carboxylic acids is 2. The Morgan fingerprint density at radius 3 is 2.61 bits per heavy atom. The molecular formula is C17H21N3O3. The maximum absolute atomic E-state index is 11.7. The number of methoxy groups -OCH3 is 1. The topological polar surface area (TPSA) is 72.4 Å². The molecule has 0 saturated carbocycles. The van der Waals surface area contributed by atoms with Crippen LogP contribution < -0.4 is 10.6 Å². The Morgan fingerprint density at radius 1 is 1.09 bits per heavy atom. The number of rotatable bonds is 7. The zero-order valence-electron chi connectivity index (χ0n) is 13.1. The van der Waals surface area contributed by atoms with Crippen molar-refractivity contribution in [3.05, 3.63) is 59.9 Å². The van der Waals surface area contributed by atoms with Gasteiger partial charge in [0.15, 0.2) is 0 Å². The molecule has 0 fully saturated rings. The summed E-state index contributed by atoms with van der Waals surface area (Å²) >= 11 is 0. The second kappa shape index (κ2) is 8.63. The number of hydrogen-bond acceptors (Lipinski definition) is 3. The van der Waals surface area contributed by atoms with E-state index in [2.05, 4.69) is 32.1 Å². The molecular weight excluding hydrogens is 294 g/mol. The van der Waals surface area contributed by atoms with Crippen LogP contribution >= 0.6 is 0 Å². The maximum atomic E-state index is 11.7.